The molecule has 0 radical (unpaired) electrons. The van der Waals surface area contributed by atoms with Crippen LogP contribution in [0.5, 0.6) is 11.5 Å². The second-order valence-electron chi connectivity index (χ2n) is 7.24. The first-order chi connectivity index (χ1) is 9.16. The molecule has 1 saturated carbocycles. The SMILES string of the molecule is COc1ccc(OC2CC(Br)C2(C)C)c(C(C)(C)C)c1. The predicted octanol–water partition coefficient (Wildman–Crippen LogP) is 4.93. The lowest BCUT2D eigenvalue weighted by Crippen LogP contribution is -2.53. The van der Waals surface area contributed by atoms with Gasteiger partial charge in [-0.15, -0.1) is 0 Å². The van der Waals surface area contributed by atoms with Crippen LogP contribution in [0.2, 0.25) is 0 Å². The maximum absolute atomic E-state index is 6.31. The fourth-order valence-corrected chi connectivity index (χ4v) is 3.15. The Bertz CT molecular complexity index is 488. The van der Waals surface area contributed by atoms with Crippen molar-refractivity contribution in [2.24, 2.45) is 5.41 Å². The van der Waals surface area contributed by atoms with E-state index < -0.39 is 0 Å². The summed E-state index contributed by atoms with van der Waals surface area (Å²) in [6.45, 7) is 11.1. The first kappa shape index (κ1) is 15.7. The van der Waals surface area contributed by atoms with Gasteiger partial charge in [0, 0.05) is 15.8 Å². The quantitative estimate of drug-likeness (QED) is 0.726. The van der Waals surface area contributed by atoms with Crippen molar-refractivity contribution in [3.05, 3.63) is 23.8 Å². The van der Waals surface area contributed by atoms with Crippen molar-refractivity contribution in [1.29, 1.82) is 0 Å². The van der Waals surface area contributed by atoms with Crippen LogP contribution in [0, 0.1) is 5.41 Å². The van der Waals surface area contributed by atoms with Gasteiger partial charge < -0.3 is 9.47 Å². The van der Waals surface area contributed by atoms with Crippen molar-refractivity contribution in [1.82, 2.24) is 0 Å². The highest BCUT2D eigenvalue weighted by molar-refractivity contribution is 9.09. The smallest absolute Gasteiger partial charge is 0.123 e. The molecule has 3 heteroatoms. The number of ether oxygens (including phenoxy) is 2. The van der Waals surface area contributed by atoms with Gasteiger partial charge in [0.15, 0.2) is 0 Å². The van der Waals surface area contributed by atoms with E-state index >= 15 is 0 Å². The van der Waals surface area contributed by atoms with Gasteiger partial charge in [-0.2, -0.15) is 0 Å². The molecular formula is C17H25BrO2. The second-order valence-corrected chi connectivity index (χ2v) is 8.35. The van der Waals surface area contributed by atoms with Gasteiger partial charge in [-0.05, 0) is 30.0 Å². The molecule has 1 aromatic rings. The largest absolute Gasteiger partial charge is 0.497 e. The summed E-state index contributed by atoms with van der Waals surface area (Å²) in [6.07, 6.45) is 1.32. The molecule has 0 heterocycles. The van der Waals surface area contributed by atoms with Crippen LogP contribution < -0.4 is 9.47 Å². The van der Waals surface area contributed by atoms with E-state index in [2.05, 4.69) is 56.6 Å². The minimum Gasteiger partial charge on any atom is -0.497 e. The fraction of sp³-hybridized carbons (Fsp3) is 0.647. The van der Waals surface area contributed by atoms with Crippen LogP contribution in [-0.4, -0.2) is 18.0 Å². The van der Waals surface area contributed by atoms with Crippen LogP contribution in [-0.2, 0) is 5.41 Å². The van der Waals surface area contributed by atoms with E-state index in [1.165, 1.54) is 5.56 Å². The maximum Gasteiger partial charge on any atom is 0.123 e. The van der Waals surface area contributed by atoms with Crippen LogP contribution in [0.4, 0.5) is 0 Å². The lowest BCUT2D eigenvalue weighted by Gasteiger charge is -2.49. The van der Waals surface area contributed by atoms with Gasteiger partial charge in [-0.25, -0.2) is 0 Å². The van der Waals surface area contributed by atoms with Crippen LogP contribution in [0.1, 0.15) is 46.6 Å². The second kappa shape index (κ2) is 5.25. The molecule has 1 aliphatic carbocycles. The molecule has 112 valence electrons. The van der Waals surface area contributed by atoms with Crippen molar-refractivity contribution < 1.29 is 9.47 Å². The van der Waals surface area contributed by atoms with E-state index in [0.29, 0.717) is 4.83 Å². The molecule has 0 aromatic heterocycles. The minimum absolute atomic E-state index is 0.0333. The zero-order valence-electron chi connectivity index (χ0n) is 13.3. The molecule has 0 aliphatic heterocycles. The van der Waals surface area contributed by atoms with Gasteiger partial charge in [0.05, 0.1) is 7.11 Å². The molecule has 0 spiro atoms. The van der Waals surface area contributed by atoms with E-state index in [9.17, 15) is 0 Å². The van der Waals surface area contributed by atoms with E-state index in [-0.39, 0.29) is 16.9 Å². The summed E-state index contributed by atoms with van der Waals surface area (Å²) in [7, 11) is 1.70. The summed E-state index contributed by atoms with van der Waals surface area (Å²) in [6, 6.07) is 6.10. The number of rotatable bonds is 3. The maximum atomic E-state index is 6.31. The van der Waals surface area contributed by atoms with Crippen molar-refractivity contribution in [2.45, 2.75) is 57.4 Å². The van der Waals surface area contributed by atoms with Gasteiger partial charge in [0.25, 0.3) is 0 Å². The topological polar surface area (TPSA) is 18.5 Å². The standard InChI is InChI=1S/C17H25BrO2/c1-16(2,3)12-9-11(19-6)7-8-13(12)20-15-10-14(18)17(15,4)5/h7-9,14-15H,10H2,1-6H3. The number of methoxy groups -OCH3 is 1. The Kier molecular flexibility index (Phi) is 4.12. The van der Waals surface area contributed by atoms with E-state index in [1.807, 2.05) is 12.1 Å². The molecule has 1 fully saturated rings. The Labute approximate surface area is 131 Å². The molecule has 0 amide bonds. The zero-order chi connectivity index (χ0) is 15.1. The summed E-state index contributed by atoms with van der Waals surface area (Å²) >= 11 is 3.72. The lowest BCUT2D eigenvalue weighted by molar-refractivity contribution is -0.00892. The van der Waals surface area contributed by atoms with E-state index in [1.54, 1.807) is 7.11 Å². The Hall–Kier alpha value is -0.700. The van der Waals surface area contributed by atoms with E-state index in [4.69, 9.17) is 9.47 Å². The summed E-state index contributed by atoms with van der Waals surface area (Å²) in [5.74, 6) is 1.87. The van der Waals surface area contributed by atoms with Gasteiger partial charge in [0.2, 0.25) is 0 Å². The third-order valence-corrected chi connectivity index (χ3v) is 5.88. The summed E-state index contributed by atoms with van der Waals surface area (Å²) < 4.78 is 11.7. The molecule has 20 heavy (non-hydrogen) atoms. The molecule has 1 aromatic carbocycles. The van der Waals surface area contributed by atoms with Crippen molar-refractivity contribution in [3.63, 3.8) is 0 Å². The number of hydrogen-bond donors (Lipinski definition) is 0. The highest BCUT2D eigenvalue weighted by atomic mass is 79.9. The van der Waals surface area contributed by atoms with Crippen LogP contribution in [0.25, 0.3) is 0 Å². The number of halogens is 1. The van der Waals surface area contributed by atoms with Crippen LogP contribution in [0.3, 0.4) is 0 Å². The summed E-state index contributed by atoms with van der Waals surface area (Å²) in [5, 5.41) is 0. The lowest BCUT2D eigenvalue weighted by atomic mass is 9.69. The van der Waals surface area contributed by atoms with E-state index in [0.717, 1.165) is 17.9 Å². The third kappa shape index (κ3) is 2.83. The number of alkyl halides is 1. The summed E-state index contributed by atoms with van der Waals surface area (Å²) in [5.41, 5.74) is 1.41. The number of benzene rings is 1. The Balaban J connectivity index is 2.28. The van der Waals surface area contributed by atoms with Crippen molar-refractivity contribution in [3.8, 4) is 11.5 Å². The monoisotopic (exact) mass is 340 g/mol. The Morgan fingerprint density at radius 2 is 1.90 bits per heavy atom. The Morgan fingerprint density at radius 1 is 1.25 bits per heavy atom. The minimum atomic E-state index is 0.0333. The molecule has 0 saturated heterocycles. The predicted molar refractivity (Wildman–Crippen MR) is 87.2 cm³/mol. The average Bonchev–Trinajstić information content (AvgIpc) is 2.37. The molecule has 2 atom stereocenters. The van der Waals surface area contributed by atoms with Gasteiger partial charge in [-0.3, -0.25) is 0 Å². The summed E-state index contributed by atoms with van der Waals surface area (Å²) in [4.78, 5) is 0.538. The molecule has 0 bridgehead atoms. The first-order valence-corrected chi connectivity index (χ1v) is 8.07. The normalized spacial score (nSPS) is 24.9. The first-order valence-electron chi connectivity index (χ1n) is 7.15. The molecule has 2 nitrogen and oxygen atoms in total. The van der Waals surface area contributed by atoms with Gasteiger partial charge in [0.1, 0.15) is 17.6 Å². The highest BCUT2D eigenvalue weighted by Gasteiger charge is 2.48. The van der Waals surface area contributed by atoms with Gasteiger partial charge in [-0.1, -0.05) is 50.5 Å². The molecule has 2 rings (SSSR count). The molecule has 0 N–H and O–H groups in total. The average molecular weight is 341 g/mol. The molecular weight excluding hydrogens is 316 g/mol. The van der Waals surface area contributed by atoms with Crippen LogP contribution in [0.15, 0.2) is 18.2 Å². The molecule has 1 aliphatic rings. The third-order valence-electron chi connectivity index (χ3n) is 4.32. The molecule has 2 unspecified atom stereocenters. The van der Waals surface area contributed by atoms with Crippen LogP contribution >= 0.6 is 15.9 Å². The number of hydrogen-bond acceptors (Lipinski definition) is 2. The zero-order valence-corrected chi connectivity index (χ0v) is 14.9. The Morgan fingerprint density at radius 3 is 2.35 bits per heavy atom. The van der Waals surface area contributed by atoms with Crippen molar-refractivity contribution in [2.75, 3.05) is 7.11 Å². The highest BCUT2D eigenvalue weighted by Crippen LogP contribution is 2.48. The fourth-order valence-electron chi connectivity index (χ4n) is 2.51. The van der Waals surface area contributed by atoms with Crippen molar-refractivity contribution >= 4 is 15.9 Å². The van der Waals surface area contributed by atoms with Gasteiger partial charge >= 0.3 is 0 Å².